The quantitative estimate of drug-likeness (QED) is 0.230. The zero-order chi connectivity index (χ0) is 21.8. The average Bonchev–Trinajstić information content (AvgIpc) is 2.78. The molecule has 2 aromatic rings. The van der Waals surface area contributed by atoms with E-state index in [4.69, 9.17) is 15.5 Å². The highest BCUT2D eigenvalue weighted by atomic mass is 127. The first-order chi connectivity index (χ1) is 14.5. The number of primary amides is 1. The third-order valence-electron chi connectivity index (χ3n) is 5.38. The third kappa shape index (κ3) is 8.40. The molecule has 0 saturated heterocycles. The standard InChI is InChI=1S/C24H34N4O2.HI/c1-4-24(5-2,20-12-8-7-9-13-20)18-28-23(26-6-3)27-16-19-11-10-14-21(15-19)30-17-22(25)29;/h7-15H,4-6,16-18H2,1-3H3,(H2,25,29)(H2,26,27,28);1H. The van der Waals surface area contributed by atoms with E-state index in [0.717, 1.165) is 37.5 Å². The minimum atomic E-state index is -0.495. The van der Waals surface area contributed by atoms with Crippen LogP contribution in [0.25, 0.3) is 0 Å². The van der Waals surface area contributed by atoms with Gasteiger partial charge in [-0.15, -0.1) is 24.0 Å². The Bertz CT molecular complexity index is 823. The molecule has 0 fully saturated rings. The first kappa shape index (κ1) is 26.7. The Morgan fingerprint density at radius 1 is 1.03 bits per heavy atom. The fourth-order valence-electron chi connectivity index (χ4n) is 3.46. The Labute approximate surface area is 203 Å². The van der Waals surface area contributed by atoms with E-state index in [1.807, 2.05) is 18.2 Å². The van der Waals surface area contributed by atoms with Gasteiger partial charge in [0.05, 0.1) is 6.54 Å². The van der Waals surface area contributed by atoms with Crippen molar-refractivity contribution >= 4 is 35.8 Å². The summed E-state index contributed by atoms with van der Waals surface area (Å²) in [6, 6.07) is 18.2. The van der Waals surface area contributed by atoms with Gasteiger partial charge in [-0.1, -0.05) is 56.3 Å². The van der Waals surface area contributed by atoms with Gasteiger partial charge in [-0.05, 0) is 43.0 Å². The van der Waals surface area contributed by atoms with Gasteiger partial charge in [0.25, 0.3) is 5.91 Å². The molecule has 4 N–H and O–H groups in total. The fourth-order valence-corrected chi connectivity index (χ4v) is 3.46. The van der Waals surface area contributed by atoms with Crippen LogP contribution in [0.3, 0.4) is 0 Å². The number of benzene rings is 2. The van der Waals surface area contributed by atoms with Crippen LogP contribution >= 0.6 is 24.0 Å². The number of nitrogens with zero attached hydrogens (tertiary/aromatic N) is 1. The molecule has 0 spiro atoms. The molecule has 2 aromatic carbocycles. The monoisotopic (exact) mass is 538 g/mol. The van der Waals surface area contributed by atoms with Crippen LogP contribution in [0, 0.1) is 0 Å². The number of ether oxygens (including phenoxy) is 1. The number of carbonyl (C=O) groups excluding carboxylic acids is 1. The van der Waals surface area contributed by atoms with Crippen molar-refractivity contribution in [1.82, 2.24) is 10.6 Å². The van der Waals surface area contributed by atoms with Gasteiger partial charge in [0.15, 0.2) is 12.6 Å². The van der Waals surface area contributed by atoms with Gasteiger partial charge in [0.2, 0.25) is 0 Å². The Morgan fingerprint density at radius 3 is 2.35 bits per heavy atom. The Morgan fingerprint density at radius 2 is 1.74 bits per heavy atom. The molecule has 6 nitrogen and oxygen atoms in total. The molecule has 1 amide bonds. The largest absolute Gasteiger partial charge is 0.484 e. The molecule has 0 heterocycles. The summed E-state index contributed by atoms with van der Waals surface area (Å²) in [5, 5.41) is 6.86. The summed E-state index contributed by atoms with van der Waals surface area (Å²) in [6.45, 7) is 8.48. The summed E-state index contributed by atoms with van der Waals surface area (Å²) in [4.78, 5) is 15.6. The molecule has 0 aliphatic carbocycles. The number of aliphatic imine (C=N–C) groups is 1. The van der Waals surface area contributed by atoms with Crippen molar-refractivity contribution in [3.8, 4) is 5.75 Å². The second kappa shape index (κ2) is 13.9. The maximum absolute atomic E-state index is 10.9. The molecular formula is C24H35IN4O2. The topological polar surface area (TPSA) is 88.7 Å². The molecule has 0 aliphatic heterocycles. The molecule has 0 unspecified atom stereocenters. The average molecular weight is 538 g/mol. The number of hydrogen-bond acceptors (Lipinski definition) is 3. The van der Waals surface area contributed by atoms with Crippen LogP contribution in [0.2, 0.25) is 0 Å². The molecule has 0 saturated carbocycles. The highest BCUT2D eigenvalue weighted by molar-refractivity contribution is 14.0. The molecule has 0 atom stereocenters. The zero-order valence-electron chi connectivity index (χ0n) is 18.7. The fraction of sp³-hybridized carbons (Fsp3) is 0.417. The van der Waals surface area contributed by atoms with E-state index >= 15 is 0 Å². The Kier molecular flexibility index (Phi) is 12.0. The smallest absolute Gasteiger partial charge is 0.255 e. The summed E-state index contributed by atoms with van der Waals surface area (Å²) in [6.07, 6.45) is 2.08. The summed E-state index contributed by atoms with van der Waals surface area (Å²) in [5.41, 5.74) is 7.54. The number of rotatable bonds is 11. The van der Waals surface area contributed by atoms with Gasteiger partial charge in [-0.2, -0.15) is 0 Å². The first-order valence-corrected chi connectivity index (χ1v) is 10.6. The predicted molar refractivity (Wildman–Crippen MR) is 138 cm³/mol. The molecule has 2 rings (SSSR count). The molecule has 0 radical (unpaired) electrons. The number of carbonyl (C=O) groups is 1. The number of guanidine groups is 1. The van der Waals surface area contributed by atoms with Crippen molar-refractivity contribution in [2.45, 2.75) is 45.6 Å². The second-order valence-electron chi connectivity index (χ2n) is 7.30. The van der Waals surface area contributed by atoms with E-state index in [9.17, 15) is 4.79 Å². The van der Waals surface area contributed by atoms with Crippen molar-refractivity contribution in [3.63, 3.8) is 0 Å². The van der Waals surface area contributed by atoms with Crippen molar-refractivity contribution < 1.29 is 9.53 Å². The predicted octanol–water partition coefficient (Wildman–Crippen LogP) is 3.98. The van der Waals surface area contributed by atoms with Crippen LogP contribution in [0.1, 0.15) is 44.7 Å². The number of amides is 1. The number of nitrogens with two attached hydrogens (primary N) is 1. The highest BCUT2D eigenvalue weighted by Crippen LogP contribution is 2.30. The van der Waals surface area contributed by atoms with Gasteiger partial charge in [-0.25, -0.2) is 4.99 Å². The van der Waals surface area contributed by atoms with Crippen LogP contribution in [0.5, 0.6) is 5.75 Å². The lowest BCUT2D eigenvalue weighted by atomic mass is 9.76. The molecular weight excluding hydrogens is 503 g/mol. The maximum Gasteiger partial charge on any atom is 0.255 e. The molecule has 7 heteroatoms. The van der Waals surface area contributed by atoms with Crippen molar-refractivity contribution in [1.29, 1.82) is 0 Å². The van der Waals surface area contributed by atoms with E-state index in [0.29, 0.717) is 12.3 Å². The summed E-state index contributed by atoms with van der Waals surface area (Å²) >= 11 is 0. The Hall–Kier alpha value is -2.29. The van der Waals surface area contributed by atoms with Gasteiger partial charge >= 0.3 is 0 Å². The highest BCUT2D eigenvalue weighted by Gasteiger charge is 2.28. The summed E-state index contributed by atoms with van der Waals surface area (Å²) in [7, 11) is 0. The first-order valence-electron chi connectivity index (χ1n) is 10.6. The lowest BCUT2D eigenvalue weighted by Gasteiger charge is -2.33. The van der Waals surface area contributed by atoms with Gasteiger partial charge < -0.3 is 21.1 Å². The zero-order valence-corrected chi connectivity index (χ0v) is 21.0. The lowest BCUT2D eigenvalue weighted by molar-refractivity contribution is -0.119. The number of hydrogen-bond donors (Lipinski definition) is 3. The summed E-state index contributed by atoms with van der Waals surface area (Å²) in [5.74, 6) is 0.897. The van der Waals surface area contributed by atoms with Crippen LogP contribution in [0.15, 0.2) is 59.6 Å². The van der Waals surface area contributed by atoms with Gasteiger partial charge in [0.1, 0.15) is 5.75 Å². The molecule has 31 heavy (non-hydrogen) atoms. The maximum atomic E-state index is 10.9. The number of halogens is 1. The normalized spacial score (nSPS) is 11.4. The third-order valence-corrected chi connectivity index (χ3v) is 5.38. The SMILES string of the molecule is CCNC(=NCc1cccc(OCC(N)=O)c1)NCC(CC)(CC)c1ccccc1.I. The number of nitrogens with one attached hydrogen (secondary N) is 2. The van der Waals surface area contributed by atoms with E-state index in [1.54, 1.807) is 6.07 Å². The molecule has 0 aromatic heterocycles. The molecule has 0 aliphatic rings. The Balaban J connectivity index is 0.00000480. The van der Waals surface area contributed by atoms with Crippen LogP contribution in [-0.2, 0) is 16.8 Å². The minimum Gasteiger partial charge on any atom is -0.484 e. The van der Waals surface area contributed by atoms with Crippen LogP contribution in [-0.4, -0.2) is 31.6 Å². The minimum absolute atomic E-state index is 0. The van der Waals surface area contributed by atoms with Crippen LogP contribution < -0.4 is 21.1 Å². The van der Waals surface area contributed by atoms with Crippen molar-refractivity contribution in [2.75, 3.05) is 19.7 Å². The van der Waals surface area contributed by atoms with E-state index in [1.165, 1.54) is 5.56 Å². The second-order valence-corrected chi connectivity index (χ2v) is 7.30. The van der Waals surface area contributed by atoms with Gasteiger partial charge in [0, 0.05) is 18.5 Å². The van der Waals surface area contributed by atoms with Crippen molar-refractivity contribution in [2.24, 2.45) is 10.7 Å². The van der Waals surface area contributed by atoms with Crippen LogP contribution in [0.4, 0.5) is 0 Å². The van der Waals surface area contributed by atoms with Crippen molar-refractivity contribution in [3.05, 3.63) is 65.7 Å². The van der Waals surface area contributed by atoms with E-state index < -0.39 is 5.91 Å². The molecule has 170 valence electrons. The molecule has 0 bridgehead atoms. The lowest BCUT2D eigenvalue weighted by Crippen LogP contribution is -2.45. The van der Waals surface area contributed by atoms with E-state index in [2.05, 4.69) is 61.7 Å². The van der Waals surface area contributed by atoms with E-state index in [-0.39, 0.29) is 36.0 Å². The summed E-state index contributed by atoms with van der Waals surface area (Å²) < 4.78 is 5.38. The van der Waals surface area contributed by atoms with Gasteiger partial charge in [-0.3, -0.25) is 4.79 Å².